The fourth-order valence-electron chi connectivity index (χ4n) is 2.44. The van der Waals surface area contributed by atoms with E-state index in [0.717, 1.165) is 12.8 Å². The summed E-state index contributed by atoms with van der Waals surface area (Å²) in [5, 5.41) is 3.74. The standard InChI is InChI=1S/C16H24ClN5O3.HI/c1-2-24-16(23)22-8-5-13(6-9-22)21-15(18)19-7-10-25-14-4-3-12(17)11-20-14;/h3-4,11,13H,2,5-10H2,1H3,(H3,18,19,21);1H. The van der Waals surface area contributed by atoms with E-state index in [1.165, 1.54) is 6.20 Å². The van der Waals surface area contributed by atoms with E-state index in [4.69, 9.17) is 26.8 Å². The Morgan fingerprint density at radius 2 is 2.19 bits per heavy atom. The molecule has 1 aliphatic rings. The van der Waals surface area contributed by atoms with Gasteiger partial charge in [0, 0.05) is 31.4 Å². The number of carbonyl (C=O) groups is 1. The first-order valence-corrected chi connectivity index (χ1v) is 8.68. The zero-order valence-corrected chi connectivity index (χ0v) is 17.8. The van der Waals surface area contributed by atoms with Crippen molar-refractivity contribution >= 4 is 47.6 Å². The Balaban J connectivity index is 0.00000338. The maximum absolute atomic E-state index is 11.6. The van der Waals surface area contributed by atoms with Crippen molar-refractivity contribution in [1.29, 1.82) is 0 Å². The first-order chi connectivity index (χ1) is 12.1. The van der Waals surface area contributed by atoms with Gasteiger partial charge in [0.15, 0.2) is 5.96 Å². The number of aromatic nitrogens is 1. The van der Waals surface area contributed by atoms with Crippen molar-refractivity contribution in [2.45, 2.75) is 25.8 Å². The molecule has 2 rings (SSSR count). The van der Waals surface area contributed by atoms with Gasteiger partial charge in [0.2, 0.25) is 5.88 Å². The summed E-state index contributed by atoms with van der Waals surface area (Å²) in [5.41, 5.74) is 5.89. The fourth-order valence-corrected chi connectivity index (χ4v) is 2.55. The van der Waals surface area contributed by atoms with Crippen molar-refractivity contribution in [1.82, 2.24) is 15.2 Å². The summed E-state index contributed by atoms with van der Waals surface area (Å²) in [6, 6.07) is 3.62. The minimum absolute atomic E-state index is 0. The van der Waals surface area contributed by atoms with Gasteiger partial charge in [0.1, 0.15) is 6.61 Å². The molecule has 26 heavy (non-hydrogen) atoms. The third-order valence-electron chi connectivity index (χ3n) is 3.70. The molecule has 0 spiro atoms. The minimum atomic E-state index is -0.254. The van der Waals surface area contributed by atoms with Crippen molar-refractivity contribution in [2.24, 2.45) is 10.7 Å². The number of aliphatic imine (C=N–C) groups is 1. The van der Waals surface area contributed by atoms with Crippen LogP contribution in [0.15, 0.2) is 23.3 Å². The summed E-state index contributed by atoms with van der Waals surface area (Å²) in [7, 11) is 0. The van der Waals surface area contributed by atoms with Crippen LogP contribution < -0.4 is 15.8 Å². The third kappa shape index (κ3) is 7.81. The van der Waals surface area contributed by atoms with Crippen LogP contribution in [-0.2, 0) is 4.74 Å². The molecule has 1 aromatic rings. The van der Waals surface area contributed by atoms with Crippen LogP contribution in [0, 0.1) is 0 Å². The summed E-state index contributed by atoms with van der Waals surface area (Å²) in [5.74, 6) is 0.875. The van der Waals surface area contributed by atoms with E-state index in [0.29, 0.717) is 49.7 Å². The molecule has 8 nitrogen and oxygen atoms in total. The Morgan fingerprint density at radius 1 is 1.46 bits per heavy atom. The van der Waals surface area contributed by atoms with E-state index in [1.807, 2.05) is 0 Å². The highest BCUT2D eigenvalue weighted by Crippen LogP contribution is 2.12. The number of nitrogens with one attached hydrogen (secondary N) is 1. The highest BCUT2D eigenvalue weighted by Gasteiger charge is 2.23. The van der Waals surface area contributed by atoms with Crippen LogP contribution in [0.1, 0.15) is 19.8 Å². The molecule has 0 saturated carbocycles. The van der Waals surface area contributed by atoms with Crippen molar-refractivity contribution in [3.63, 3.8) is 0 Å². The van der Waals surface area contributed by atoms with Gasteiger partial charge in [-0.25, -0.2) is 14.8 Å². The monoisotopic (exact) mass is 497 g/mol. The third-order valence-corrected chi connectivity index (χ3v) is 3.92. The molecule has 0 bridgehead atoms. The lowest BCUT2D eigenvalue weighted by Crippen LogP contribution is -2.48. The molecule has 1 amide bonds. The van der Waals surface area contributed by atoms with Gasteiger partial charge in [-0.2, -0.15) is 0 Å². The van der Waals surface area contributed by atoms with E-state index >= 15 is 0 Å². The van der Waals surface area contributed by atoms with Gasteiger partial charge in [0.05, 0.1) is 18.2 Å². The van der Waals surface area contributed by atoms with Gasteiger partial charge in [0.25, 0.3) is 0 Å². The number of ether oxygens (including phenoxy) is 2. The normalized spacial score (nSPS) is 15.2. The largest absolute Gasteiger partial charge is 0.476 e. The topological polar surface area (TPSA) is 102 Å². The predicted molar refractivity (Wildman–Crippen MR) is 111 cm³/mol. The number of guanidine groups is 1. The van der Waals surface area contributed by atoms with Gasteiger partial charge in [-0.3, -0.25) is 0 Å². The second-order valence-corrected chi connectivity index (χ2v) is 5.97. The van der Waals surface area contributed by atoms with Crippen molar-refractivity contribution in [3.05, 3.63) is 23.4 Å². The van der Waals surface area contributed by atoms with Crippen molar-refractivity contribution < 1.29 is 14.3 Å². The molecule has 10 heteroatoms. The zero-order valence-electron chi connectivity index (χ0n) is 14.7. The number of amides is 1. The zero-order chi connectivity index (χ0) is 18.1. The fraction of sp³-hybridized carbons (Fsp3) is 0.562. The number of nitrogens with zero attached hydrogens (tertiary/aromatic N) is 3. The molecule has 1 aromatic heterocycles. The molecule has 1 fully saturated rings. The van der Waals surface area contributed by atoms with Crippen LogP contribution in [0.25, 0.3) is 0 Å². The molecule has 2 heterocycles. The molecule has 0 atom stereocenters. The SMILES string of the molecule is CCOC(=O)N1CCC(NC(N)=NCCOc2ccc(Cl)cn2)CC1.I. The Kier molecular flexibility index (Phi) is 10.4. The molecular weight excluding hydrogens is 473 g/mol. The molecule has 0 aromatic carbocycles. The molecule has 0 unspecified atom stereocenters. The van der Waals surface area contributed by atoms with Gasteiger partial charge < -0.3 is 25.4 Å². The average Bonchev–Trinajstić information content (AvgIpc) is 2.61. The van der Waals surface area contributed by atoms with Crippen LogP contribution in [0.2, 0.25) is 5.02 Å². The lowest BCUT2D eigenvalue weighted by atomic mass is 10.1. The Labute approximate surface area is 175 Å². The highest BCUT2D eigenvalue weighted by molar-refractivity contribution is 14.0. The number of piperidine rings is 1. The Hall–Kier alpha value is -1.49. The summed E-state index contributed by atoms with van der Waals surface area (Å²) >= 11 is 5.76. The second kappa shape index (κ2) is 12.0. The predicted octanol–water partition coefficient (Wildman–Crippen LogP) is 2.26. The first kappa shape index (κ1) is 22.6. The maximum Gasteiger partial charge on any atom is 0.409 e. The van der Waals surface area contributed by atoms with E-state index in [-0.39, 0.29) is 36.1 Å². The number of rotatable bonds is 6. The summed E-state index contributed by atoms with van der Waals surface area (Å²) in [6.45, 7) is 4.29. The van der Waals surface area contributed by atoms with Gasteiger partial charge in [-0.1, -0.05) is 11.6 Å². The number of halogens is 2. The lowest BCUT2D eigenvalue weighted by molar-refractivity contribution is 0.0963. The van der Waals surface area contributed by atoms with Crippen molar-refractivity contribution in [2.75, 3.05) is 32.8 Å². The molecule has 146 valence electrons. The highest BCUT2D eigenvalue weighted by atomic mass is 127. The molecule has 1 saturated heterocycles. The van der Waals surface area contributed by atoms with Gasteiger partial charge >= 0.3 is 6.09 Å². The van der Waals surface area contributed by atoms with E-state index in [2.05, 4.69) is 15.3 Å². The Morgan fingerprint density at radius 3 is 2.81 bits per heavy atom. The number of carbonyl (C=O) groups excluding carboxylic acids is 1. The van der Waals surface area contributed by atoms with E-state index in [1.54, 1.807) is 24.0 Å². The van der Waals surface area contributed by atoms with Crippen molar-refractivity contribution in [3.8, 4) is 5.88 Å². The number of likely N-dealkylation sites (tertiary alicyclic amines) is 1. The molecule has 3 N–H and O–H groups in total. The number of hydrogen-bond donors (Lipinski definition) is 2. The maximum atomic E-state index is 11.6. The second-order valence-electron chi connectivity index (χ2n) is 5.53. The quantitative estimate of drug-likeness (QED) is 0.271. The average molecular weight is 498 g/mol. The molecule has 1 aliphatic heterocycles. The van der Waals surface area contributed by atoms with Crippen LogP contribution >= 0.6 is 35.6 Å². The smallest absolute Gasteiger partial charge is 0.409 e. The number of nitrogens with two attached hydrogens (primary N) is 1. The van der Waals surface area contributed by atoms with Crippen LogP contribution in [0.5, 0.6) is 5.88 Å². The van der Waals surface area contributed by atoms with Crippen LogP contribution in [0.4, 0.5) is 4.79 Å². The Bertz CT molecular complexity index is 580. The molecular formula is C16H25ClIN5O3. The lowest BCUT2D eigenvalue weighted by Gasteiger charge is -2.31. The first-order valence-electron chi connectivity index (χ1n) is 8.31. The van der Waals surface area contributed by atoms with Gasteiger partial charge in [-0.05, 0) is 25.8 Å². The summed E-state index contributed by atoms with van der Waals surface area (Å²) < 4.78 is 10.4. The summed E-state index contributed by atoms with van der Waals surface area (Å²) in [6.07, 6.45) is 2.88. The summed E-state index contributed by atoms with van der Waals surface area (Å²) in [4.78, 5) is 21.6. The van der Waals surface area contributed by atoms with Crippen LogP contribution in [-0.4, -0.2) is 60.8 Å². The van der Waals surface area contributed by atoms with E-state index in [9.17, 15) is 4.79 Å². The van der Waals surface area contributed by atoms with Gasteiger partial charge in [-0.15, -0.1) is 24.0 Å². The number of hydrogen-bond acceptors (Lipinski definition) is 5. The molecule has 0 radical (unpaired) electrons. The molecule has 0 aliphatic carbocycles. The van der Waals surface area contributed by atoms with Crippen LogP contribution in [0.3, 0.4) is 0 Å². The van der Waals surface area contributed by atoms with E-state index < -0.39 is 0 Å². The number of pyridine rings is 1. The minimum Gasteiger partial charge on any atom is -0.476 e.